The summed E-state index contributed by atoms with van der Waals surface area (Å²) in [6, 6.07) is 13.6. The predicted octanol–water partition coefficient (Wildman–Crippen LogP) is 2.31. The zero-order valence-corrected chi connectivity index (χ0v) is 16.3. The number of benzene rings is 2. The van der Waals surface area contributed by atoms with Gasteiger partial charge in [0.2, 0.25) is 0 Å². The highest BCUT2D eigenvalue weighted by molar-refractivity contribution is 7.93. The molecule has 4 N–H and O–H groups in total. The molecule has 1 atom stereocenters. The predicted molar refractivity (Wildman–Crippen MR) is 106 cm³/mol. The lowest BCUT2D eigenvalue weighted by molar-refractivity contribution is -0.124. The number of sulfonamides is 1. The number of carbonyl (C=O) groups is 2. The van der Waals surface area contributed by atoms with Gasteiger partial charge >= 0.3 is 5.97 Å². The van der Waals surface area contributed by atoms with Crippen LogP contribution in [-0.2, 0) is 14.8 Å². The van der Waals surface area contributed by atoms with E-state index in [0.29, 0.717) is 5.56 Å². The first-order valence-electron chi connectivity index (χ1n) is 8.11. The summed E-state index contributed by atoms with van der Waals surface area (Å²) >= 11 is 0.845. The number of aromatic nitrogens is 1. The Morgan fingerprint density at radius 2 is 1.69 bits per heavy atom. The number of aromatic carboxylic acids is 1. The second-order valence-corrected chi connectivity index (χ2v) is 8.30. The van der Waals surface area contributed by atoms with Gasteiger partial charge in [0.1, 0.15) is 5.00 Å². The van der Waals surface area contributed by atoms with E-state index in [1.807, 2.05) is 0 Å². The van der Waals surface area contributed by atoms with E-state index >= 15 is 0 Å². The molecule has 9 nitrogen and oxygen atoms in total. The fourth-order valence-corrected chi connectivity index (χ4v) is 4.36. The first-order chi connectivity index (χ1) is 13.8. The van der Waals surface area contributed by atoms with Gasteiger partial charge in [0, 0.05) is 5.69 Å². The number of rotatable bonds is 7. The molecule has 1 aromatic heterocycles. The Balaban J connectivity index is 1.71. The van der Waals surface area contributed by atoms with Crippen molar-refractivity contribution >= 4 is 43.9 Å². The van der Waals surface area contributed by atoms with E-state index in [-0.39, 0.29) is 15.6 Å². The zero-order valence-electron chi connectivity index (χ0n) is 14.6. The molecule has 150 valence electrons. The quantitative estimate of drug-likeness (QED) is 0.447. The second-order valence-electron chi connectivity index (χ2n) is 5.77. The Bertz CT molecular complexity index is 1130. The number of hydrogen-bond acceptors (Lipinski definition) is 7. The van der Waals surface area contributed by atoms with Crippen molar-refractivity contribution in [1.82, 2.24) is 4.98 Å². The van der Waals surface area contributed by atoms with Crippen molar-refractivity contribution < 1.29 is 28.2 Å². The van der Waals surface area contributed by atoms with Crippen LogP contribution in [0.15, 0.2) is 65.0 Å². The third kappa shape index (κ3) is 4.77. The lowest BCUT2D eigenvalue weighted by Crippen LogP contribution is -2.20. The van der Waals surface area contributed by atoms with Crippen LogP contribution in [0, 0.1) is 0 Å². The number of anilines is 2. The molecular weight excluding hydrogens is 418 g/mol. The molecule has 0 aliphatic rings. The molecule has 0 saturated heterocycles. The Morgan fingerprint density at radius 3 is 2.31 bits per heavy atom. The van der Waals surface area contributed by atoms with Crippen molar-refractivity contribution in [1.29, 1.82) is 0 Å². The molecule has 1 amide bonds. The van der Waals surface area contributed by atoms with Crippen molar-refractivity contribution in [3.8, 4) is 0 Å². The molecule has 0 aliphatic carbocycles. The number of carboxylic acids is 1. The molecule has 0 radical (unpaired) electrons. The van der Waals surface area contributed by atoms with Crippen molar-refractivity contribution in [2.45, 2.75) is 11.0 Å². The topological polar surface area (TPSA) is 146 Å². The highest BCUT2D eigenvalue weighted by Crippen LogP contribution is 2.25. The fourth-order valence-electron chi connectivity index (χ4n) is 2.37. The summed E-state index contributed by atoms with van der Waals surface area (Å²) in [5, 5.41) is 21.5. The molecule has 0 fully saturated rings. The third-order valence-electron chi connectivity index (χ3n) is 3.79. The van der Waals surface area contributed by atoms with Gasteiger partial charge in [0.25, 0.3) is 15.9 Å². The van der Waals surface area contributed by atoms with Gasteiger partial charge in [0.15, 0.2) is 11.8 Å². The molecule has 1 unspecified atom stereocenters. The highest BCUT2D eigenvalue weighted by Gasteiger charge is 2.21. The van der Waals surface area contributed by atoms with Crippen LogP contribution < -0.4 is 10.0 Å². The summed E-state index contributed by atoms with van der Waals surface area (Å²) in [5.41, 5.74) is 1.54. The number of hydrogen-bond donors (Lipinski definition) is 4. The smallest absolute Gasteiger partial charge is 0.357 e. The second kappa shape index (κ2) is 8.39. The summed E-state index contributed by atoms with van der Waals surface area (Å²) < 4.78 is 27.1. The van der Waals surface area contributed by atoms with Crippen molar-refractivity contribution in [2.24, 2.45) is 0 Å². The lowest BCUT2D eigenvalue weighted by atomic mass is 10.1. The lowest BCUT2D eigenvalue weighted by Gasteiger charge is -2.12. The number of amides is 1. The maximum Gasteiger partial charge on any atom is 0.357 e. The molecular formula is C18H15N3O6S2. The maximum atomic E-state index is 12.4. The average molecular weight is 433 g/mol. The molecule has 11 heteroatoms. The number of thiazole rings is 1. The summed E-state index contributed by atoms with van der Waals surface area (Å²) in [5.74, 6) is -2.01. The summed E-state index contributed by atoms with van der Waals surface area (Å²) in [6.45, 7) is 0. The van der Waals surface area contributed by atoms with Gasteiger partial charge < -0.3 is 15.5 Å². The Hall–Kier alpha value is -3.28. The number of carbonyl (C=O) groups excluding carboxylic acids is 1. The largest absolute Gasteiger partial charge is 0.476 e. The number of nitrogens with one attached hydrogen (secondary N) is 2. The van der Waals surface area contributed by atoms with E-state index in [4.69, 9.17) is 5.11 Å². The average Bonchev–Trinajstić information content (AvgIpc) is 3.16. The first-order valence-corrected chi connectivity index (χ1v) is 10.5. The van der Waals surface area contributed by atoms with E-state index in [1.54, 1.807) is 30.3 Å². The minimum atomic E-state index is -4.05. The van der Waals surface area contributed by atoms with E-state index < -0.39 is 33.7 Å². The van der Waals surface area contributed by atoms with E-state index in [1.165, 1.54) is 29.8 Å². The van der Waals surface area contributed by atoms with Gasteiger partial charge in [-0.3, -0.25) is 9.52 Å². The van der Waals surface area contributed by atoms with Gasteiger partial charge in [-0.25, -0.2) is 18.2 Å². The van der Waals surface area contributed by atoms with Gasteiger partial charge in [-0.1, -0.05) is 30.3 Å². The van der Waals surface area contributed by atoms with Crippen LogP contribution in [-0.4, -0.2) is 35.5 Å². The first kappa shape index (κ1) is 20.5. The standard InChI is InChI=1S/C18H15N3O6S2/c22-15(11-4-2-1-3-5-11)16(23)20-12-6-8-13(9-7-12)29(26,27)21-17-14(18(24)25)19-10-28-17/h1-10,15,21-22H,(H,20,23)(H,24,25). The third-order valence-corrected chi connectivity index (χ3v) is 6.03. The van der Waals surface area contributed by atoms with Crippen LogP contribution in [0.1, 0.15) is 22.2 Å². The molecule has 0 saturated carbocycles. The fraction of sp³-hybridized carbons (Fsp3) is 0.0556. The summed E-state index contributed by atoms with van der Waals surface area (Å²) in [6.07, 6.45) is -1.37. The van der Waals surface area contributed by atoms with Crippen LogP contribution in [0.2, 0.25) is 0 Å². The Labute approximate surface area is 169 Å². The van der Waals surface area contributed by atoms with Crippen molar-refractivity contribution in [3.05, 3.63) is 71.4 Å². The molecule has 29 heavy (non-hydrogen) atoms. The van der Waals surface area contributed by atoms with Crippen molar-refractivity contribution in [2.75, 3.05) is 10.0 Å². The molecule has 0 aliphatic heterocycles. The Morgan fingerprint density at radius 1 is 1.03 bits per heavy atom. The SMILES string of the molecule is O=C(O)c1ncsc1NS(=O)(=O)c1ccc(NC(=O)C(O)c2ccccc2)cc1. The number of aliphatic hydroxyl groups is 1. The van der Waals surface area contributed by atoms with E-state index in [2.05, 4.69) is 15.0 Å². The zero-order chi connectivity index (χ0) is 21.0. The summed E-state index contributed by atoms with van der Waals surface area (Å²) in [7, 11) is -4.05. The van der Waals surface area contributed by atoms with Gasteiger partial charge in [-0.05, 0) is 29.8 Å². The molecule has 2 aromatic carbocycles. The van der Waals surface area contributed by atoms with Gasteiger partial charge in [-0.2, -0.15) is 0 Å². The van der Waals surface area contributed by atoms with Crippen molar-refractivity contribution in [3.63, 3.8) is 0 Å². The van der Waals surface area contributed by atoms with Crippen LogP contribution in [0.3, 0.4) is 0 Å². The van der Waals surface area contributed by atoms with Crippen LogP contribution in [0.25, 0.3) is 0 Å². The van der Waals surface area contributed by atoms with Gasteiger partial charge in [0.05, 0.1) is 10.4 Å². The Kier molecular flexibility index (Phi) is 5.92. The normalized spacial score (nSPS) is 12.2. The van der Waals surface area contributed by atoms with Crippen LogP contribution >= 0.6 is 11.3 Å². The molecule has 3 aromatic rings. The monoisotopic (exact) mass is 433 g/mol. The summed E-state index contributed by atoms with van der Waals surface area (Å²) in [4.78, 5) is 26.7. The maximum absolute atomic E-state index is 12.4. The number of carboxylic acid groups (broad SMARTS) is 1. The van der Waals surface area contributed by atoms with Crippen LogP contribution in [0.4, 0.5) is 10.7 Å². The number of nitrogens with zero attached hydrogens (tertiary/aromatic N) is 1. The van der Waals surface area contributed by atoms with Crippen LogP contribution in [0.5, 0.6) is 0 Å². The highest BCUT2D eigenvalue weighted by atomic mass is 32.2. The molecule has 3 rings (SSSR count). The molecule has 1 heterocycles. The number of aliphatic hydroxyl groups excluding tert-OH is 1. The van der Waals surface area contributed by atoms with E-state index in [0.717, 1.165) is 11.3 Å². The molecule has 0 bridgehead atoms. The minimum Gasteiger partial charge on any atom is -0.476 e. The molecule has 0 spiro atoms. The van der Waals surface area contributed by atoms with E-state index in [9.17, 15) is 23.1 Å². The van der Waals surface area contributed by atoms with Gasteiger partial charge in [-0.15, -0.1) is 11.3 Å². The minimum absolute atomic E-state index is 0.110.